The molecule has 1 saturated heterocycles. The molecule has 29 heavy (non-hydrogen) atoms. The maximum absolute atomic E-state index is 12.2. The van der Waals surface area contributed by atoms with Crippen LogP contribution in [0.15, 0.2) is 59.4 Å². The standard InChI is InChI=1S/C22H25N5O2/c1-29-19-8-4-17(5-9-19)20-14-21(28)25-22(24-20)27-12-10-26(11-13-27)15-16-2-6-18(23)7-3-16/h2-9,14H,10-13,15,23H2,1H3,(H,24,25,28). The van der Waals surface area contributed by atoms with Gasteiger partial charge in [-0.1, -0.05) is 12.1 Å². The second kappa shape index (κ2) is 8.36. The van der Waals surface area contributed by atoms with E-state index >= 15 is 0 Å². The fraction of sp³-hybridized carbons (Fsp3) is 0.273. The van der Waals surface area contributed by atoms with Crippen LogP contribution >= 0.6 is 0 Å². The van der Waals surface area contributed by atoms with E-state index in [4.69, 9.17) is 15.5 Å². The van der Waals surface area contributed by atoms with Gasteiger partial charge in [-0.25, -0.2) is 4.98 Å². The van der Waals surface area contributed by atoms with Crippen LogP contribution in [0.25, 0.3) is 11.3 Å². The summed E-state index contributed by atoms with van der Waals surface area (Å²) in [6.07, 6.45) is 0. The Balaban J connectivity index is 1.44. The Bertz CT molecular complexity index is 1010. The van der Waals surface area contributed by atoms with Crippen LogP contribution in [0.5, 0.6) is 5.75 Å². The highest BCUT2D eigenvalue weighted by Crippen LogP contribution is 2.21. The van der Waals surface area contributed by atoms with Crippen LogP contribution in [-0.2, 0) is 6.54 Å². The molecule has 3 N–H and O–H groups in total. The summed E-state index contributed by atoms with van der Waals surface area (Å²) in [5.41, 5.74) is 9.20. The Kier molecular flexibility index (Phi) is 5.48. The fourth-order valence-electron chi connectivity index (χ4n) is 3.50. The van der Waals surface area contributed by atoms with Crippen molar-refractivity contribution in [3.05, 3.63) is 70.5 Å². The highest BCUT2D eigenvalue weighted by molar-refractivity contribution is 5.61. The minimum Gasteiger partial charge on any atom is -0.497 e. The molecule has 0 spiro atoms. The number of hydrogen-bond acceptors (Lipinski definition) is 6. The van der Waals surface area contributed by atoms with Gasteiger partial charge in [-0.3, -0.25) is 14.7 Å². The molecule has 2 aromatic carbocycles. The molecule has 3 aromatic rings. The molecule has 150 valence electrons. The summed E-state index contributed by atoms with van der Waals surface area (Å²) in [4.78, 5) is 24.3. The van der Waals surface area contributed by atoms with Crippen molar-refractivity contribution in [1.29, 1.82) is 0 Å². The van der Waals surface area contributed by atoms with E-state index in [1.54, 1.807) is 7.11 Å². The first-order valence-corrected chi connectivity index (χ1v) is 9.68. The van der Waals surface area contributed by atoms with Crippen LogP contribution < -0.4 is 20.9 Å². The Hall–Kier alpha value is -3.32. The predicted molar refractivity (Wildman–Crippen MR) is 115 cm³/mol. The van der Waals surface area contributed by atoms with Crippen molar-refractivity contribution in [2.24, 2.45) is 0 Å². The lowest BCUT2D eigenvalue weighted by Gasteiger charge is -2.35. The molecule has 4 rings (SSSR count). The lowest BCUT2D eigenvalue weighted by Crippen LogP contribution is -2.47. The van der Waals surface area contributed by atoms with Crippen molar-refractivity contribution in [3.8, 4) is 17.0 Å². The first-order valence-electron chi connectivity index (χ1n) is 9.68. The van der Waals surface area contributed by atoms with E-state index in [1.807, 2.05) is 36.4 Å². The number of nitrogens with two attached hydrogens (primary N) is 1. The van der Waals surface area contributed by atoms with E-state index in [0.717, 1.165) is 49.7 Å². The van der Waals surface area contributed by atoms with Crippen LogP contribution in [0.2, 0.25) is 0 Å². The van der Waals surface area contributed by atoms with Crippen LogP contribution in [-0.4, -0.2) is 48.2 Å². The van der Waals surface area contributed by atoms with E-state index in [0.29, 0.717) is 11.6 Å². The molecule has 0 atom stereocenters. The second-order valence-electron chi connectivity index (χ2n) is 7.19. The summed E-state index contributed by atoms with van der Waals surface area (Å²) in [6, 6.07) is 17.1. The molecule has 0 aliphatic carbocycles. The average Bonchev–Trinajstić information content (AvgIpc) is 2.75. The molecule has 0 saturated carbocycles. The number of benzene rings is 2. The third-order valence-electron chi connectivity index (χ3n) is 5.17. The fourth-order valence-corrected chi connectivity index (χ4v) is 3.50. The van der Waals surface area contributed by atoms with E-state index in [-0.39, 0.29) is 5.56 Å². The third kappa shape index (κ3) is 4.57. The Morgan fingerprint density at radius 2 is 1.72 bits per heavy atom. The van der Waals surface area contributed by atoms with Gasteiger partial charge in [0.15, 0.2) is 0 Å². The zero-order chi connectivity index (χ0) is 20.2. The topological polar surface area (TPSA) is 87.5 Å². The normalized spacial score (nSPS) is 14.7. The molecule has 7 heteroatoms. The van der Waals surface area contributed by atoms with Crippen LogP contribution in [0.3, 0.4) is 0 Å². The minimum absolute atomic E-state index is 0.148. The number of hydrogen-bond donors (Lipinski definition) is 2. The monoisotopic (exact) mass is 391 g/mol. The Morgan fingerprint density at radius 1 is 1.03 bits per heavy atom. The smallest absolute Gasteiger partial charge is 0.252 e. The molecule has 0 bridgehead atoms. The van der Waals surface area contributed by atoms with Crippen LogP contribution in [0, 0.1) is 0 Å². The number of nitrogens with one attached hydrogen (secondary N) is 1. The summed E-state index contributed by atoms with van der Waals surface area (Å²) in [6.45, 7) is 4.32. The highest BCUT2D eigenvalue weighted by atomic mass is 16.5. The highest BCUT2D eigenvalue weighted by Gasteiger charge is 2.19. The number of aromatic amines is 1. The summed E-state index contributed by atoms with van der Waals surface area (Å²) in [7, 11) is 1.63. The lowest BCUT2D eigenvalue weighted by molar-refractivity contribution is 0.248. The average molecular weight is 391 g/mol. The molecule has 1 fully saturated rings. The first-order chi connectivity index (χ1) is 14.1. The molecule has 2 heterocycles. The number of aromatic nitrogens is 2. The van der Waals surface area contributed by atoms with Gasteiger partial charge in [0.2, 0.25) is 5.95 Å². The molecule has 7 nitrogen and oxygen atoms in total. The van der Waals surface area contributed by atoms with Crippen LogP contribution in [0.4, 0.5) is 11.6 Å². The molecule has 0 amide bonds. The number of rotatable bonds is 5. The van der Waals surface area contributed by atoms with Gasteiger partial charge in [0.05, 0.1) is 12.8 Å². The summed E-state index contributed by atoms with van der Waals surface area (Å²) in [5, 5.41) is 0. The van der Waals surface area contributed by atoms with E-state index in [9.17, 15) is 4.79 Å². The third-order valence-corrected chi connectivity index (χ3v) is 5.17. The SMILES string of the molecule is COc1ccc(-c2cc(=O)[nH]c(N3CCN(Cc4ccc(N)cc4)CC3)n2)cc1. The van der Waals surface area contributed by atoms with Gasteiger partial charge in [0.1, 0.15) is 5.75 Å². The lowest BCUT2D eigenvalue weighted by atomic mass is 10.1. The number of piperazine rings is 1. The van der Waals surface area contributed by atoms with Gasteiger partial charge in [-0.05, 0) is 42.0 Å². The van der Waals surface area contributed by atoms with Crippen molar-refractivity contribution in [2.45, 2.75) is 6.54 Å². The Morgan fingerprint density at radius 3 is 2.38 bits per heavy atom. The second-order valence-corrected chi connectivity index (χ2v) is 7.19. The maximum atomic E-state index is 12.2. The van der Waals surface area contributed by atoms with Gasteiger partial charge < -0.3 is 15.4 Å². The number of nitrogen functional groups attached to an aromatic ring is 1. The van der Waals surface area contributed by atoms with Crippen molar-refractivity contribution >= 4 is 11.6 Å². The van der Waals surface area contributed by atoms with E-state index in [2.05, 4.69) is 26.9 Å². The molecular formula is C22H25N5O2. The molecule has 1 aliphatic rings. The Labute approximate surface area is 169 Å². The number of H-pyrrole nitrogens is 1. The first kappa shape index (κ1) is 19.0. The molecule has 1 aliphatic heterocycles. The minimum atomic E-state index is -0.148. The summed E-state index contributed by atoms with van der Waals surface area (Å²) in [5.74, 6) is 1.39. The molecule has 0 unspecified atom stereocenters. The zero-order valence-corrected chi connectivity index (χ0v) is 16.5. The van der Waals surface area contributed by atoms with E-state index in [1.165, 1.54) is 11.6 Å². The largest absolute Gasteiger partial charge is 0.497 e. The predicted octanol–water partition coefficient (Wildman–Crippen LogP) is 2.35. The number of methoxy groups -OCH3 is 1. The van der Waals surface area contributed by atoms with Crippen molar-refractivity contribution in [3.63, 3.8) is 0 Å². The molecule has 1 aromatic heterocycles. The molecular weight excluding hydrogens is 366 g/mol. The number of ether oxygens (including phenoxy) is 1. The van der Waals surface area contributed by atoms with Gasteiger partial charge in [-0.2, -0.15) is 0 Å². The molecule has 0 radical (unpaired) electrons. The zero-order valence-electron chi connectivity index (χ0n) is 16.5. The van der Waals surface area contributed by atoms with Gasteiger partial charge in [0.25, 0.3) is 5.56 Å². The van der Waals surface area contributed by atoms with Gasteiger partial charge in [-0.15, -0.1) is 0 Å². The van der Waals surface area contributed by atoms with Crippen molar-refractivity contribution in [1.82, 2.24) is 14.9 Å². The van der Waals surface area contributed by atoms with Crippen molar-refractivity contribution in [2.75, 3.05) is 43.9 Å². The van der Waals surface area contributed by atoms with Crippen molar-refractivity contribution < 1.29 is 4.74 Å². The van der Waals surface area contributed by atoms with Crippen LogP contribution in [0.1, 0.15) is 5.56 Å². The van der Waals surface area contributed by atoms with Gasteiger partial charge in [0, 0.05) is 50.0 Å². The maximum Gasteiger partial charge on any atom is 0.252 e. The number of anilines is 2. The summed E-state index contributed by atoms with van der Waals surface area (Å²) < 4.78 is 5.20. The van der Waals surface area contributed by atoms with E-state index < -0.39 is 0 Å². The summed E-state index contributed by atoms with van der Waals surface area (Å²) >= 11 is 0. The quantitative estimate of drug-likeness (QED) is 0.649. The number of nitrogens with zero attached hydrogens (tertiary/aromatic N) is 3. The van der Waals surface area contributed by atoms with Gasteiger partial charge >= 0.3 is 0 Å².